The number of fused-ring (bicyclic) bond motifs is 1. The van der Waals surface area contributed by atoms with E-state index >= 15 is 0 Å². The molecule has 1 N–H and O–H groups in total. The molecule has 2 heterocycles. The summed E-state index contributed by atoms with van der Waals surface area (Å²) >= 11 is 0. The van der Waals surface area contributed by atoms with Crippen molar-refractivity contribution in [3.05, 3.63) is 89.6 Å². The van der Waals surface area contributed by atoms with Gasteiger partial charge in [0.1, 0.15) is 5.75 Å². The third kappa shape index (κ3) is 5.45. The van der Waals surface area contributed by atoms with Crippen LogP contribution >= 0.6 is 0 Å². The van der Waals surface area contributed by atoms with Crippen molar-refractivity contribution in [3.63, 3.8) is 0 Å². The van der Waals surface area contributed by atoms with Crippen LogP contribution in [0.25, 0.3) is 22.3 Å². The summed E-state index contributed by atoms with van der Waals surface area (Å²) in [6.07, 6.45) is 2.03. The summed E-state index contributed by atoms with van der Waals surface area (Å²) in [6, 6.07) is 23.4. The SMILES string of the molecule is COc1ccc(C2CN(C(=O)c3ccc4nc(-c5ccccc5)c(CCCCC(=O)O)nc4c3)C2)cc1. The molecule has 1 aliphatic rings. The van der Waals surface area contributed by atoms with E-state index in [0.29, 0.717) is 49.4 Å². The molecule has 0 unspecified atom stereocenters. The Hall–Kier alpha value is -4.26. The maximum Gasteiger partial charge on any atom is 0.303 e. The Morgan fingerprint density at radius 3 is 2.41 bits per heavy atom. The second-order valence-electron chi connectivity index (χ2n) is 9.37. The smallest absolute Gasteiger partial charge is 0.303 e. The van der Waals surface area contributed by atoms with Crippen LogP contribution in [0.3, 0.4) is 0 Å². The summed E-state index contributed by atoms with van der Waals surface area (Å²) in [5.74, 6) is 0.339. The van der Waals surface area contributed by atoms with Crippen molar-refractivity contribution < 1.29 is 19.4 Å². The van der Waals surface area contributed by atoms with Crippen molar-refractivity contribution in [2.24, 2.45) is 0 Å². The number of unbranched alkanes of at least 4 members (excludes halogenated alkanes) is 1. The Balaban J connectivity index is 1.35. The Bertz CT molecular complexity index is 1410. The van der Waals surface area contributed by atoms with E-state index in [1.165, 1.54) is 5.56 Å². The number of nitrogens with zero attached hydrogens (tertiary/aromatic N) is 3. The van der Waals surface area contributed by atoms with Gasteiger partial charge in [0.05, 0.1) is 29.5 Å². The molecule has 37 heavy (non-hydrogen) atoms. The van der Waals surface area contributed by atoms with Crippen molar-refractivity contribution >= 4 is 22.9 Å². The van der Waals surface area contributed by atoms with Gasteiger partial charge in [0.2, 0.25) is 0 Å². The highest BCUT2D eigenvalue weighted by molar-refractivity contribution is 5.98. The number of aryl methyl sites for hydroxylation is 1. The molecule has 5 rings (SSSR count). The van der Waals surface area contributed by atoms with Gasteiger partial charge in [0.15, 0.2) is 0 Å². The zero-order valence-electron chi connectivity index (χ0n) is 20.8. The third-order valence-corrected chi connectivity index (χ3v) is 6.84. The lowest BCUT2D eigenvalue weighted by Gasteiger charge is -2.39. The van der Waals surface area contributed by atoms with E-state index in [9.17, 15) is 9.59 Å². The van der Waals surface area contributed by atoms with Gasteiger partial charge in [-0.15, -0.1) is 0 Å². The number of likely N-dealkylation sites (tertiary alicyclic amines) is 1. The first-order valence-electron chi connectivity index (χ1n) is 12.5. The minimum Gasteiger partial charge on any atom is -0.497 e. The molecule has 0 bridgehead atoms. The summed E-state index contributed by atoms with van der Waals surface area (Å²) in [5.41, 5.74) is 5.78. The van der Waals surface area contributed by atoms with Crippen molar-refractivity contribution in [2.45, 2.75) is 31.6 Å². The minimum atomic E-state index is -0.795. The number of carboxylic acids is 1. The lowest BCUT2D eigenvalue weighted by Crippen LogP contribution is -2.48. The number of carbonyl (C=O) groups excluding carboxylic acids is 1. The van der Waals surface area contributed by atoms with Gasteiger partial charge in [-0.3, -0.25) is 9.59 Å². The first-order chi connectivity index (χ1) is 18.0. The van der Waals surface area contributed by atoms with Gasteiger partial charge in [-0.05, 0) is 55.2 Å². The average Bonchev–Trinajstić information content (AvgIpc) is 2.90. The maximum absolute atomic E-state index is 13.2. The average molecular weight is 496 g/mol. The fourth-order valence-corrected chi connectivity index (χ4v) is 4.71. The topological polar surface area (TPSA) is 92.6 Å². The minimum absolute atomic E-state index is 0.0106. The summed E-state index contributed by atoms with van der Waals surface area (Å²) < 4.78 is 5.23. The predicted octanol–water partition coefficient (Wildman–Crippen LogP) is 5.34. The monoisotopic (exact) mass is 495 g/mol. The number of ether oxygens (including phenoxy) is 1. The highest BCUT2D eigenvalue weighted by atomic mass is 16.5. The molecule has 1 aliphatic heterocycles. The quantitative estimate of drug-likeness (QED) is 0.315. The van der Waals surface area contributed by atoms with Crippen LogP contribution in [0, 0.1) is 0 Å². The van der Waals surface area contributed by atoms with Crippen LogP contribution in [0.4, 0.5) is 0 Å². The van der Waals surface area contributed by atoms with Crippen LogP contribution in [0.15, 0.2) is 72.8 Å². The number of carbonyl (C=O) groups is 2. The number of aromatic nitrogens is 2. The molecular formula is C30H29N3O4. The Morgan fingerprint density at radius 2 is 1.70 bits per heavy atom. The normalized spacial score (nSPS) is 13.4. The Labute approximate surface area is 215 Å². The van der Waals surface area contributed by atoms with Crippen LogP contribution in [-0.2, 0) is 11.2 Å². The molecule has 7 nitrogen and oxygen atoms in total. The molecule has 0 saturated carbocycles. The molecule has 7 heteroatoms. The van der Waals surface area contributed by atoms with E-state index in [4.69, 9.17) is 19.8 Å². The molecule has 0 radical (unpaired) electrons. The van der Waals surface area contributed by atoms with E-state index < -0.39 is 5.97 Å². The summed E-state index contributed by atoms with van der Waals surface area (Å²) in [6.45, 7) is 1.35. The first kappa shape index (κ1) is 24.4. The Morgan fingerprint density at radius 1 is 0.946 bits per heavy atom. The number of hydrogen-bond acceptors (Lipinski definition) is 5. The zero-order valence-corrected chi connectivity index (χ0v) is 20.8. The van der Waals surface area contributed by atoms with Crippen molar-refractivity contribution in [1.82, 2.24) is 14.9 Å². The van der Waals surface area contributed by atoms with Gasteiger partial charge < -0.3 is 14.7 Å². The molecule has 188 valence electrons. The Kier molecular flexibility index (Phi) is 7.12. The predicted molar refractivity (Wildman–Crippen MR) is 142 cm³/mol. The van der Waals surface area contributed by atoms with Crippen LogP contribution in [-0.4, -0.2) is 52.1 Å². The molecule has 4 aromatic rings. The van der Waals surface area contributed by atoms with Crippen molar-refractivity contribution in [3.8, 4) is 17.0 Å². The number of hydrogen-bond donors (Lipinski definition) is 1. The lowest BCUT2D eigenvalue weighted by molar-refractivity contribution is -0.137. The van der Waals surface area contributed by atoms with Gasteiger partial charge in [0, 0.05) is 36.6 Å². The second kappa shape index (κ2) is 10.8. The molecule has 1 aromatic heterocycles. The number of carboxylic acid groups (broad SMARTS) is 1. The van der Waals surface area contributed by atoms with Gasteiger partial charge in [0.25, 0.3) is 5.91 Å². The summed E-state index contributed by atoms with van der Waals surface area (Å²) in [5, 5.41) is 8.97. The fourth-order valence-electron chi connectivity index (χ4n) is 4.71. The van der Waals surface area contributed by atoms with Gasteiger partial charge in [-0.25, -0.2) is 9.97 Å². The molecule has 1 amide bonds. The number of benzene rings is 3. The van der Waals surface area contributed by atoms with Crippen LogP contribution in [0.2, 0.25) is 0 Å². The van der Waals surface area contributed by atoms with E-state index in [1.807, 2.05) is 65.6 Å². The molecular weight excluding hydrogens is 466 g/mol. The van der Waals surface area contributed by atoms with E-state index in [2.05, 4.69) is 12.1 Å². The molecule has 0 aliphatic carbocycles. The first-order valence-corrected chi connectivity index (χ1v) is 12.5. The van der Waals surface area contributed by atoms with Crippen molar-refractivity contribution in [1.29, 1.82) is 0 Å². The lowest BCUT2D eigenvalue weighted by atomic mass is 9.91. The molecule has 1 fully saturated rings. The highest BCUT2D eigenvalue weighted by Gasteiger charge is 2.32. The van der Waals surface area contributed by atoms with Gasteiger partial charge in [-0.1, -0.05) is 42.5 Å². The van der Waals surface area contributed by atoms with Crippen LogP contribution < -0.4 is 4.74 Å². The van der Waals surface area contributed by atoms with Crippen LogP contribution in [0.5, 0.6) is 5.75 Å². The molecule has 0 atom stereocenters. The fraction of sp³-hybridized carbons (Fsp3) is 0.267. The summed E-state index contributed by atoms with van der Waals surface area (Å²) in [7, 11) is 1.65. The van der Waals surface area contributed by atoms with E-state index in [0.717, 1.165) is 28.2 Å². The van der Waals surface area contributed by atoms with Gasteiger partial charge in [-0.2, -0.15) is 0 Å². The van der Waals surface area contributed by atoms with Crippen LogP contribution in [0.1, 0.15) is 46.8 Å². The number of methoxy groups -OCH3 is 1. The maximum atomic E-state index is 13.2. The number of rotatable bonds is 9. The van der Waals surface area contributed by atoms with Gasteiger partial charge >= 0.3 is 5.97 Å². The summed E-state index contributed by atoms with van der Waals surface area (Å²) in [4.78, 5) is 35.8. The number of aliphatic carboxylic acids is 1. The van der Waals surface area contributed by atoms with E-state index in [1.54, 1.807) is 7.11 Å². The standard InChI is InChI=1S/C30H29N3O4/c1-37-24-14-11-20(12-15-24)23-18-33(19-23)30(36)22-13-16-25-27(17-22)31-26(9-5-6-10-28(34)35)29(32-25)21-7-3-2-4-8-21/h2-4,7-8,11-17,23H,5-6,9-10,18-19H2,1H3,(H,34,35). The zero-order chi connectivity index (χ0) is 25.8. The second-order valence-corrected chi connectivity index (χ2v) is 9.37. The molecule has 0 spiro atoms. The largest absolute Gasteiger partial charge is 0.497 e. The molecule has 3 aromatic carbocycles. The number of amides is 1. The molecule has 1 saturated heterocycles. The highest BCUT2D eigenvalue weighted by Crippen LogP contribution is 2.30. The van der Waals surface area contributed by atoms with Crippen molar-refractivity contribution in [2.75, 3.05) is 20.2 Å². The third-order valence-electron chi connectivity index (χ3n) is 6.84. The van der Waals surface area contributed by atoms with E-state index in [-0.39, 0.29) is 12.3 Å².